The van der Waals surface area contributed by atoms with Crippen LogP contribution in [0, 0.1) is 11.8 Å². The van der Waals surface area contributed by atoms with Crippen molar-refractivity contribution in [3.8, 4) is 0 Å². The maximum Gasteiger partial charge on any atom is -0.00205 e. The van der Waals surface area contributed by atoms with Gasteiger partial charge < -0.3 is 5.32 Å². The third-order valence-corrected chi connectivity index (χ3v) is 3.68. The Bertz CT molecular complexity index is 125. The minimum atomic E-state index is 0.981. The monoisotopic (exact) mass is 197 g/mol. The van der Waals surface area contributed by atoms with Crippen molar-refractivity contribution in [2.24, 2.45) is 11.8 Å². The highest BCUT2D eigenvalue weighted by Gasteiger charge is 2.19. The average molecular weight is 197 g/mol. The third kappa shape index (κ3) is 4.45. The van der Waals surface area contributed by atoms with Crippen molar-refractivity contribution in [1.82, 2.24) is 5.32 Å². The number of hydrogen-bond donors (Lipinski definition) is 1. The normalized spacial score (nSPS) is 27.9. The van der Waals surface area contributed by atoms with Gasteiger partial charge in [-0.1, -0.05) is 39.5 Å². The van der Waals surface area contributed by atoms with Crippen LogP contribution < -0.4 is 5.32 Å². The first-order chi connectivity index (χ1) is 6.86. The molecule has 1 N–H and O–H groups in total. The predicted octanol–water partition coefficient (Wildman–Crippen LogP) is 3.59. The first-order valence-corrected chi connectivity index (χ1v) is 6.57. The Morgan fingerprint density at radius 1 is 1.00 bits per heavy atom. The van der Waals surface area contributed by atoms with Gasteiger partial charge in [-0.05, 0) is 44.2 Å². The highest BCUT2D eigenvalue weighted by atomic mass is 14.9. The van der Waals surface area contributed by atoms with Gasteiger partial charge >= 0.3 is 0 Å². The Morgan fingerprint density at radius 3 is 2.21 bits per heavy atom. The molecule has 0 heterocycles. The van der Waals surface area contributed by atoms with Crippen LogP contribution in [0.1, 0.15) is 58.8 Å². The Labute approximate surface area is 89.7 Å². The van der Waals surface area contributed by atoms with Crippen LogP contribution in [0.5, 0.6) is 0 Å². The van der Waals surface area contributed by atoms with E-state index in [1.54, 1.807) is 0 Å². The number of unbranched alkanes of at least 4 members (excludes halogenated alkanes) is 1. The Balaban J connectivity index is 1.98. The molecule has 1 fully saturated rings. The minimum Gasteiger partial charge on any atom is -0.316 e. The summed E-state index contributed by atoms with van der Waals surface area (Å²) in [6, 6.07) is 0. The van der Waals surface area contributed by atoms with Gasteiger partial charge in [-0.3, -0.25) is 0 Å². The Kier molecular flexibility index (Phi) is 6.25. The molecule has 0 aromatic rings. The second-order valence-electron chi connectivity index (χ2n) is 4.85. The van der Waals surface area contributed by atoms with Crippen LogP contribution in [0.15, 0.2) is 0 Å². The summed E-state index contributed by atoms with van der Waals surface area (Å²) in [4.78, 5) is 0. The van der Waals surface area contributed by atoms with Crippen molar-refractivity contribution in [2.75, 3.05) is 13.1 Å². The zero-order valence-electron chi connectivity index (χ0n) is 10.0. The van der Waals surface area contributed by atoms with Gasteiger partial charge in [0.1, 0.15) is 0 Å². The fraction of sp³-hybridized carbons (Fsp3) is 1.00. The van der Waals surface area contributed by atoms with Crippen LogP contribution in [-0.4, -0.2) is 13.1 Å². The first kappa shape index (κ1) is 12.0. The maximum absolute atomic E-state index is 3.59. The summed E-state index contributed by atoms with van der Waals surface area (Å²) in [5.41, 5.74) is 0. The zero-order chi connectivity index (χ0) is 10.2. The molecule has 14 heavy (non-hydrogen) atoms. The van der Waals surface area contributed by atoms with Gasteiger partial charge in [0.05, 0.1) is 0 Å². The molecular weight excluding hydrogens is 170 g/mol. The first-order valence-electron chi connectivity index (χ1n) is 6.57. The van der Waals surface area contributed by atoms with E-state index in [1.165, 1.54) is 58.0 Å². The van der Waals surface area contributed by atoms with E-state index in [1.807, 2.05) is 0 Å². The molecule has 1 nitrogen and oxygen atoms in total. The summed E-state index contributed by atoms with van der Waals surface area (Å²) in [7, 11) is 0. The summed E-state index contributed by atoms with van der Waals surface area (Å²) < 4.78 is 0. The van der Waals surface area contributed by atoms with Crippen LogP contribution in [0.4, 0.5) is 0 Å². The largest absolute Gasteiger partial charge is 0.316 e. The highest BCUT2D eigenvalue weighted by molar-refractivity contribution is 4.73. The van der Waals surface area contributed by atoms with Crippen LogP contribution in [0.2, 0.25) is 0 Å². The number of nitrogens with one attached hydrogen (secondary N) is 1. The molecule has 0 aromatic heterocycles. The van der Waals surface area contributed by atoms with Crippen LogP contribution in [-0.2, 0) is 0 Å². The summed E-state index contributed by atoms with van der Waals surface area (Å²) in [5.74, 6) is 2.02. The van der Waals surface area contributed by atoms with Crippen LogP contribution in [0.25, 0.3) is 0 Å². The number of hydrogen-bond acceptors (Lipinski definition) is 1. The molecule has 0 spiro atoms. The molecule has 0 bridgehead atoms. The second-order valence-corrected chi connectivity index (χ2v) is 4.85. The van der Waals surface area contributed by atoms with E-state index in [4.69, 9.17) is 0 Å². The molecule has 1 aliphatic carbocycles. The van der Waals surface area contributed by atoms with E-state index in [0.717, 1.165) is 11.8 Å². The fourth-order valence-corrected chi connectivity index (χ4v) is 2.45. The molecule has 0 unspecified atom stereocenters. The van der Waals surface area contributed by atoms with Crippen molar-refractivity contribution in [2.45, 2.75) is 58.8 Å². The molecule has 0 amide bonds. The smallest absolute Gasteiger partial charge is 0.00205 e. The predicted molar refractivity (Wildman–Crippen MR) is 63.5 cm³/mol. The lowest BCUT2D eigenvalue weighted by Crippen LogP contribution is -2.27. The molecule has 1 saturated carbocycles. The number of rotatable bonds is 6. The van der Waals surface area contributed by atoms with E-state index < -0.39 is 0 Å². The standard InChI is InChI=1S/C13H27N/c1-3-5-10-14-11-13-8-6-12(4-2)7-9-13/h12-14H,3-11H2,1-2H3. The quantitative estimate of drug-likeness (QED) is 0.642. The van der Waals surface area contributed by atoms with Crippen molar-refractivity contribution >= 4 is 0 Å². The van der Waals surface area contributed by atoms with E-state index in [0.29, 0.717) is 0 Å². The van der Waals surface area contributed by atoms with E-state index in [2.05, 4.69) is 19.2 Å². The van der Waals surface area contributed by atoms with Gasteiger partial charge in [0.2, 0.25) is 0 Å². The molecule has 0 atom stereocenters. The molecule has 84 valence electrons. The van der Waals surface area contributed by atoms with Gasteiger partial charge in [0.15, 0.2) is 0 Å². The molecule has 0 saturated heterocycles. The lowest BCUT2D eigenvalue weighted by Gasteiger charge is -2.27. The summed E-state index contributed by atoms with van der Waals surface area (Å²) in [6.45, 7) is 7.10. The molecule has 0 radical (unpaired) electrons. The van der Waals surface area contributed by atoms with Gasteiger partial charge in [0.25, 0.3) is 0 Å². The van der Waals surface area contributed by atoms with Crippen molar-refractivity contribution in [3.05, 3.63) is 0 Å². The molecule has 0 aromatic carbocycles. The van der Waals surface area contributed by atoms with E-state index in [9.17, 15) is 0 Å². The van der Waals surface area contributed by atoms with Crippen LogP contribution >= 0.6 is 0 Å². The summed E-state index contributed by atoms with van der Waals surface area (Å²) >= 11 is 0. The van der Waals surface area contributed by atoms with Crippen molar-refractivity contribution in [1.29, 1.82) is 0 Å². The van der Waals surface area contributed by atoms with Gasteiger partial charge in [-0.2, -0.15) is 0 Å². The fourth-order valence-electron chi connectivity index (χ4n) is 2.45. The Morgan fingerprint density at radius 2 is 1.64 bits per heavy atom. The lowest BCUT2D eigenvalue weighted by atomic mass is 9.81. The maximum atomic E-state index is 3.59. The van der Waals surface area contributed by atoms with Gasteiger partial charge in [-0.15, -0.1) is 0 Å². The van der Waals surface area contributed by atoms with E-state index in [-0.39, 0.29) is 0 Å². The van der Waals surface area contributed by atoms with Crippen LogP contribution in [0.3, 0.4) is 0 Å². The summed E-state index contributed by atoms with van der Waals surface area (Å²) in [6.07, 6.45) is 9.96. The average Bonchev–Trinajstić information content (AvgIpc) is 2.25. The second kappa shape index (κ2) is 7.28. The van der Waals surface area contributed by atoms with Gasteiger partial charge in [-0.25, -0.2) is 0 Å². The summed E-state index contributed by atoms with van der Waals surface area (Å²) in [5, 5.41) is 3.59. The third-order valence-electron chi connectivity index (χ3n) is 3.68. The van der Waals surface area contributed by atoms with Crippen molar-refractivity contribution in [3.63, 3.8) is 0 Å². The zero-order valence-corrected chi connectivity index (χ0v) is 10.0. The van der Waals surface area contributed by atoms with Gasteiger partial charge in [0, 0.05) is 0 Å². The van der Waals surface area contributed by atoms with Crippen molar-refractivity contribution < 1.29 is 0 Å². The van der Waals surface area contributed by atoms with E-state index >= 15 is 0 Å². The molecule has 1 rings (SSSR count). The SMILES string of the molecule is CCCCNCC1CCC(CC)CC1. The Hall–Kier alpha value is -0.0400. The molecule has 0 aliphatic heterocycles. The lowest BCUT2D eigenvalue weighted by molar-refractivity contribution is 0.263. The minimum absolute atomic E-state index is 0.981. The molecule has 1 heteroatoms. The topological polar surface area (TPSA) is 12.0 Å². The molecule has 1 aliphatic rings. The molecular formula is C13H27N. The highest BCUT2D eigenvalue weighted by Crippen LogP contribution is 2.29.